The maximum Gasteiger partial charge on any atom is 0.277 e. The number of benzene rings is 2. The Balaban J connectivity index is 1.50. The molecule has 0 N–H and O–H groups in total. The molecule has 0 saturated carbocycles. The van der Waals surface area contributed by atoms with E-state index in [4.69, 9.17) is 18.6 Å². The molecule has 2 aromatic carbocycles. The van der Waals surface area contributed by atoms with Crippen LogP contribution in [0.5, 0.6) is 17.2 Å². The number of ether oxygens (including phenoxy) is 3. The van der Waals surface area contributed by atoms with Crippen molar-refractivity contribution in [2.75, 3.05) is 13.9 Å². The zero-order valence-corrected chi connectivity index (χ0v) is 14.6. The molecule has 0 aliphatic carbocycles. The third kappa shape index (κ3) is 3.28. The lowest BCUT2D eigenvalue weighted by molar-refractivity contribution is 0.174. The average Bonchev–Trinajstić information content (AvgIpc) is 3.28. The minimum atomic E-state index is 0.238. The molecule has 0 amide bonds. The van der Waals surface area contributed by atoms with E-state index in [9.17, 15) is 0 Å². The van der Waals surface area contributed by atoms with E-state index < -0.39 is 0 Å². The number of thioether (sulfide) groups is 1. The molecule has 0 fully saturated rings. The summed E-state index contributed by atoms with van der Waals surface area (Å²) in [6.07, 6.45) is 0. The Kier molecular flexibility index (Phi) is 4.23. The largest absolute Gasteiger partial charge is 0.496 e. The lowest BCUT2D eigenvalue weighted by Crippen LogP contribution is -1.92. The van der Waals surface area contributed by atoms with Crippen molar-refractivity contribution in [2.24, 2.45) is 0 Å². The molecule has 0 bridgehead atoms. The van der Waals surface area contributed by atoms with Gasteiger partial charge in [-0.3, -0.25) is 0 Å². The summed E-state index contributed by atoms with van der Waals surface area (Å²) in [5, 5.41) is 8.74. The number of fused-ring (bicyclic) bond motifs is 1. The van der Waals surface area contributed by atoms with Crippen molar-refractivity contribution in [3.05, 3.63) is 47.5 Å². The second-order valence-corrected chi connectivity index (χ2v) is 6.47. The number of hydrogen-bond donors (Lipinski definition) is 0. The number of rotatable bonds is 5. The average molecular weight is 356 g/mol. The monoisotopic (exact) mass is 356 g/mol. The molecule has 0 radical (unpaired) electrons. The van der Waals surface area contributed by atoms with E-state index in [0.717, 1.165) is 22.6 Å². The molecule has 1 aliphatic rings. The van der Waals surface area contributed by atoms with Gasteiger partial charge in [0.2, 0.25) is 12.7 Å². The summed E-state index contributed by atoms with van der Waals surface area (Å²) in [6, 6.07) is 11.6. The van der Waals surface area contributed by atoms with Gasteiger partial charge in [-0.05, 0) is 31.2 Å². The van der Waals surface area contributed by atoms with Gasteiger partial charge >= 0.3 is 0 Å². The summed E-state index contributed by atoms with van der Waals surface area (Å²) in [6.45, 7) is 2.29. The third-order valence-corrected chi connectivity index (χ3v) is 4.68. The maximum absolute atomic E-state index is 5.76. The predicted molar refractivity (Wildman–Crippen MR) is 93.1 cm³/mol. The Hall–Kier alpha value is -2.67. The van der Waals surface area contributed by atoms with Crippen LogP contribution < -0.4 is 14.2 Å². The van der Waals surface area contributed by atoms with Crippen LogP contribution >= 0.6 is 11.8 Å². The van der Waals surface area contributed by atoms with E-state index in [2.05, 4.69) is 23.2 Å². The quantitative estimate of drug-likeness (QED) is 0.638. The number of aryl methyl sites for hydroxylation is 1. The molecule has 1 aromatic heterocycles. The molecule has 0 unspecified atom stereocenters. The molecule has 3 aromatic rings. The van der Waals surface area contributed by atoms with Crippen molar-refractivity contribution in [1.82, 2.24) is 10.2 Å². The molecule has 7 heteroatoms. The third-order valence-electron chi connectivity index (χ3n) is 3.81. The van der Waals surface area contributed by atoms with Crippen LogP contribution in [0.4, 0.5) is 0 Å². The maximum atomic E-state index is 5.76. The van der Waals surface area contributed by atoms with Gasteiger partial charge in [0, 0.05) is 16.9 Å². The van der Waals surface area contributed by atoms with Crippen molar-refractivity contribution in [3.63, 3.8) is 0 Å². The summed E-state index contributed by atoms with van der Waals surface area (Å²) in [5.74, 6) is 3.41. The Morgan fingerprint density at radius 1 is 1.08 bits per heavy atom. The van der Waals surface area contributed by atoms with E-state index in [1.54, 1.807) is 7.11 Å². The van der Waals surface area contributed by atoms with Crippen LogP contribution in [0.15, 0.2) is 46.0 Å². The summed E-state index contributed by atoms with van der Waals surface area (Å²) in [4.78, 5) is 0. The highest BCUT2D eigenvalue weighted by Gasteiger charge is 2.17. The highest BCUT2D eigenvalue weighted by atomic mass is 32.2. The predicted octanol–water partition coefficient (Wildman–Crippen LogP) is 4.07. The summed E-state index contributed by atoms with van der Waals surface area (Å²) >= 11 is 1.48. The molecule has 1 aliphatic heterocycles. The van der Waals surface area contributed by atoms with Crippen LogP contribution in [-0.4, -0.2) is 24.1 Å². The van der Waals surface area contributed by atoms with Gasteiger partial charge in [0.1, 0.15) is 5.75 Å². The van der Waals surface area contributed by atoms with E-state index in [0.29, 0.717) is 22.6 Å². The lowest BCUT2D eigenvalue weighted by atomic mass is 10.1. The fourth-order valence-electron chi connectivity index (χ4n) is 2.57. The summed E-state index contributed by atoms with van der Waals surface area (Å²) < 4.78 is 21.8. The zero-order chi connectivity index (χ0) is 17.2. The Morgan fingerprint density at radius 2 is 1.96 bits per heavy atom. The van der Waals surface area contributed by atoms with Crippen LogP contribution in [0.1, 0.15) is 11.1 Å². The first-order valence-corrected chi connectivity index (χ1v) is 8.71. The fourth-order valence-corrected chi connectivity index (χ4v) is 3.31. The van der Waals surface area contributed by atoms with Crippen LogP contribution in [0.25, 0.3) is 11.5 Å². The lowest BCUT2D eigenvalue weighted by Gasteiger charge is -2.07. The van der Waals surface area contributed by atoms with Gasteiger partial charge in [-0.25, -0.2) is 0 Å². The SMILES string of the molecule is COc1ccc(C)cc1CSc1nnc(-c2ccc3c(c2)OCO3)o1. The molecule has 0 atom stereocenters. The molecule has 128 valence electrons. The van der Waals surface area contributed by atoms with Gasteiger partial charge < -0.3 is 18.6 Å². The molecule has 6 nitrogen and oxygen atoms in total. The first-order valence-electron chi connectivity index (χ1n) is 7.73. The van der Waals surface area contributed by atoms with E-state index in [-0.39, 0.29) is 6.79 Å². The normalized spacial score (nSPS) is 12.4. The van der Waals surface area contributed by atoms with E-state index in [1.165, 1.54) is 17.3 Å². The molecule has 0 spiro atoms. The second kappa shape index (κ2) is 6.68. The van der Waals surface area contributed by atoms with Crippen molar-refractivity contribution in [1.29, 1.82) is 0 Å². The molecule has 4 rings (SSSR count). The van der Waals surface area contributed by atoms with Crippen LogP contribution in [0.3, 0.4) is 0 Å². The Morgan fingerprint density at radius 3 is 2.84 bits per heavy atom. The van der Waals surface area contributed by atoms with Gasteiger partial charge in [0.15, 0.2) is 11.5 Å². The molecule has 2 heterocycles. The molecule has 25 heavy (non-hydrogen) atoms. The second-order valence-electron chi connectivity index (χ2n) is 5.55. The highest BCUT2D eigenvalue weighted by molar-refractivity contribution is 7.98. The summed E-state index contributed by atoms with van der Waals surface area (Å²) in [5.41, 5.74) is 3.08. The highest BCUT2D eigenvalue weighted by Crippen LogP contribution is 2.36. The van der Waals surface area contributed by atoms with Gasteiger partial charge in [0.05, 0.1) is 7.11 Å². The first kappa shape index (κ1) is 15.8. The van der Waals surface area contributed by atoms with Crippen LogP contribution in [0, 0.1) is 6.92 Å². The van der Waals surface area contributed by atoms with E-state index in [1.807, 2.05) is 30.3 Å². The fraction of sp³-hybridized carbons (Fsp3) is 0.222. The van der Waals surface area contributed by atoms with Gasteiger partial charge in [0.25, 0.3) is 5.22 Å². The summed E-state index contributed by atoms with van der Waals surface area (Å²) in [7, 11) is 1.67. The van der Waals surface area contributed by atoms with Gasteiger partial charge in [-0.1, -0.05) is 29.5 Å². The molecule has 0 saturated heterocycles. The van der Waals surface area contributed by atoms with Gasteiger partial charge in [-0.15, -0.1) is 10.2 Å². The molecular weight excluding hydrogens is 340 g/mol. The smallest absolute Gasteiger partial charge is 0.277 e. The van der Waals surface area contributed by atoms with Crippen molar-refractivity contribution in [2.45, 2.75) is 17.9 Å². The topological polar surface area (TPSA) is 66.6 Å². The number of nitrogens with zero attached hydrogens (tertiary/aromatic N) is 2. The number of hydrogen-bond acceptors (Lipinski definition) is 7. The number of methoxy groups -OCH3 is 1. The standard InChI is InChI=1S/C18H16N2O4S/c1-11-3-5-14(21-2)13(7-11)9-25-18-20-19-17(24-18)12-4-6-15-16(8-12)23-10-22-15/h3-8H,9-10H2,1-2H3. The zero-order valence-electron chi connectivity index (χ0n) is 13.8. The van der Waals surface area contributed by atoms with Gasteiger partial charge in [-0.2, -0.15) is 0 Å². The van der Waals surface area contributed by atoms with Crippen LogP contribution in [-0.2, 0) is 5.75 Å². The first-order chi connectivity index (χ1) is 12.2. The Labute approximate surface area is 149 Å². The number of aromatic nitrogens is 2. The van der Waals surface area contributed by atoms with Crippen molar-refractivity contribution < 1.29 is 18.6 Å². The minimum Gasteiger partial charge on any atom is -0.496 e. The van der Waals surface area contributed by atoms with E-state index >= 15 is 0 Å². The minimum absolute atomic E-state index is 0.238. The van der Waals surface area contributed by atoms with Crippen LogP contribution in [0.2, 0.25) is 0 Å². The van der Waals surface area contributed by atoms with Crippen molar-refractivity contribution in [3.8, 4) is 28.7 Å². The Bertz CT molecular complexity index is 910. The molecular formula is C18H16N2O4S. The van der Waals surface area contributed by atoms with Crippen molar-refractivity contribution >= 4 is 11.8 Å².